The Balaban J connectivity index is 1.38. The number of nitrogens with one attached hydrogen (secondary N) is 1. The second-order valence-electron chi connectivity index (χ2n) is 7.92. The van der Waals surface area contributed by atoms with Gasteiger partial charge in [0, 0.05) is 42.7 Å². The van der Waals surface area contributed by atoms with Crippen molar-refractivity contribution in [3.8, 4) is 0 Å². The lowest BCUT2D eigenvalue weighted by molar-refractivity contribution is -0.132. The first-order chi connectivity index (χ1) is 15.5. The number of amides is 2. The van der Waals surface area contributed by atoms with Crippen molar-refractivity contribution in [3.05, 3.63) is 95.6 Å². The topological polar surface area (TPSA) is 88.3 Å². The smallest absolute Gasteiger partial charge is 0.255 e. The van der Waals surface area contributed by atoms with Gasteiger partial charge in [0.2, 0.25) is 5.91 Å². The summed E-state index contributed by atoms with van der Waals surface area (Å²) in [4.78, 5) is 31.1. The standard InChI is InChI=1S/C25H25FN4O2/c26-20-4-1-3-19(15-20)23-5-2-14-30(23)24(31)16-22(27)17-6-8-18(9-7-17)25(32)29-21-10-12-28-13-11-21/h1,3-4,6-13,15,22-23H,2,5,14,16,27H2,(H,28,29,32)/t22?,23-/m0/s1. The van der Waals surface area contributed by atoms with Crippen LogP contribution >= 0.6 is 0 Å². The predicted octanol–water partition coefficient (Wildman–Crippen LogP) is 4.23. The summed E-state index contributed by atoms with van der Waals surface area (Å²) >= 11 is 0. The van der Waals surface area contributed by atoms with E-state index in [0.717, 1.165) is 24.0 Å². The van der Waals surface area contributed by atoms with Gasteiger partial charge < -0.3 is 16.0 Å². The van der Waals surface area contributed by atoms with Gasteiger partial charge in [0.1, 0.15) is 5.82 Å². The molecule has 32 heavy (non-hydrogen) atoms. The molecule has 0 saturated carbocycles. The minimum atomic E-state index is -0.492. The molecule has 0 aliphatic carbocycles. The van der Waals surface area contributed by atoms with Gasteiger partial charge in [0.25, 0.3) is 5.91 Å². The number of nitrogens with two attached hydrogens (primary N) is 1. The number of aromatic nitrogens is 1. The molecule has 0 bridgehead atoms. The minimum Gasteiger partial charge on any atom is -0.336 e. The van der Waals surface area contributed by atoms with Crippen LogP contribution in [0.25, 0.3) is 0 Å². The molecule has 1 fully saturated rings. The average molecular weight is 432 g/mol. The molecule has 1 unspecified atom stereocenters. The molecule has 1 aliphatic heterocycles. The fraction of sp³-hybridized carbons (Fsp3) is 0.240. The normalized spacial score (nSPS) is 16.6. The number of halogens is 1. The number of carbonyl (C=O) groups is 2. The molecule has 7 heteroatoms. The van der Waals surface area contributed by atoms with Gasteiger partial charge in [-0.25, -0.2) is 4.39 Å². The molecule has 3 aromatic rings. The molecule has 0 spiro atoms. The molecule has 4 rings (SSSR count). The number of hydrogen-bond donors (Lipinski definition) is 2. The lowest BCUT2D eigenvalue weighted by Gasteiger charge is -2.26. The number of carbonyl (C=O) groups excluding carboxylic acids is 2. The molecule has 2 atom stereocenters. The van der Waals surface area contributed by atoms with E-state index in [-0.39, 0.29) is 30.1 Å². The highest BCUT2D eigenvalue weighted by Crippen LogP contribution is 2.33. The lowest BCUT2D eigenvalue weighted by atomic mass is 10.0. The SMILES string of the molecule is NC(CC(=O)N1CCC[C@H]1c1cccc(F)c1)c1ccc(C(=O)Nc2ccncc2)cc1. The summed E-state index contributed by atoms with van der Waals surface area (Å²) in [5, 5.41) is 2.80. The largest absolute Gasteiger partial charge is 0.336 e. The van der Waals surface area contributed by atoms with E-state index in [4.69, 9.17) is 5.73 Å². The van der Waals surface area contributed by atoms with Gasteiger partial charge in [0.15, 0.2) is 0 Å². The van der Waals surface area contributed by atoms with Crippen molar-refractivity contribution in [1.29, 1.82) is 0 Å². The molecule has 1 aliphatic rings. The van der Waals surface area contributed by atoms with Crippen LogP contribution in [-0.4, -0.2) is 28.2 Å². The van der Waals surface area contributed by atoms with Gasteiger partial charge in [0.05, 0.1) is 6.04 Å². The van der Waals surface area contributed by atoms with Crippen LogP contribution in [0.3, 0.4) is 0 Å². The molecule has 1 aromatic heterocycles. The Labute approximate surface area is 186 Å². The highest BCUT2D eigenvalue weighted by Gasteiger charge is 2.31. The summed E-state index contributed by atoms with van der Waals surface area (Å²) in [6.07, 6.45) is 5.05. The quantitative estimate of drug-likeness (QED) is 0.610. The maximum Gasteiger partial charge on any atom is 0.255 e. The fourth-order valence-electron chi connectivity index (χ4n) is 4.07. The maximum absolute atomic E-state index is 13.6. The second kappa shape index (κ2) is 9.70. The van der Waals surface area contributed by atoms with Gasteiger partial charge in [-0.3, -0.25) is 14.6 Å². The number of likely N-dealkylation sites (tertiary alicyclic amines) is 1. The molecule has 3 N–H and O–H groups in total. The van der Waals surface area contributed by atoms with E-state index in [1.807, 2.05) is 6.07 Å². The minimum absolute atomic E-state index is 0.0521. The van der Waals surface area contributed by atoms with Crippen LogP contribution in [-0.2, 0) is 4.79 Å². The Hall–Kier alpha value is -3.58. The summed E-state index contributed by atoms with van der Waals surface area (Å²) in [7, 11) is 0. The third-order valence-corrected chi connectivity index (χ3v) is 5.74. The van der Waals surface area contributed by atoms with Crippen molar-refractivity contribution in [1.82, 2.24) is 9.88 Å². The third-order valence-electron chi connectivity index (χ3n) is 5.74. The first-order valence-corrected chi connectivity index (χ1v) is 10.6. The third kappa shape index (κ3) is 5.00. The van der Waals surface area contributed by atoms with Crippen LogP contribution in [0.2, 0.25) is 0 Å². The van der Waals surface area contributed by atoms with Crippen molar-refractivity contribution < 1.29 is 14.0 Å². The Morgan fingerprint density at radius 1 is 1.12 bits per heavy atom. The zero-order valence-electron chi connectivity index (χ0n) is 17.6. The van der Waals surface area contributed by atoms with Crippen molar-refractivity contribution in [2.45, 2.75) is 31.3 Å². The van der Waals surface area contributed by atoms with Gasteiger partial charge in [-0.05, 0) is 60.4 Å². The Bertz CT molecular complexity index is 1090. The van der Waals surface area contributed by atoms with Crippen LogP contribution in [0.4, 0.5) is 10.1 Å². The maximum atomic E-state index is 13.6. The summed E-state index contributed by atoms with van der Waals surface area (Å²) in [5.41, 5.74) is 9.06. The second-order valence-corrected chi connectivity index (χ2v) is 7.92. The Morgan fingerprint density at radius 3 is 2.59 bits per heavy atom. The van der Waals surface area contributed by atoms with Crippen LogP contribution in [0.5, 0.6) is 0 Å². The molecule has 1 saturated heterocycles. The van der Waals surface area contributed by atoms with E-state index in [1.54, 1.807) is 59.8 Å². The highest BCUT2D eigenvalue weighted by atomic mass is 19.1. The number of anilines is 1. The van der Waals surface area contributed by atoms with Crippen LogP contribution in [0.15, 0.2) is 73.1 Å². The van der Waals surface area contributed by atoms with Crippen LogP contribution in [0.1, 0.15) is 52.8 Å². The Morgan fingerprint density at radius 2 is 1.88 bits per heavy atom. The molecule has 0 radical (unpaired) electrons. The van der Waals surface area contributed by atoms with Crippen LogP contribution in [0, 0.1) is 5.82 Å². The van der Waals surface area contributed by atoms with E-state index >= 15 is 0 Å². The highest BCUT2D eigenvalue weighted by molar-refractivity contribution is 6.04. The number of hydrogen-bond acceptors (Lipinski definition) is 4. The Kier molecular flexibility index (Phi) is 6.56. The summed E-state index contributed by atoms with van der Waals surface area (Å²) in [6, 6.07) is 16.2. The molecular formula is C25H25FN4O2. The van der Waals surface area contributed by atoms with Gasteiger partial charge >= 0.3 is 0 Å². The van der Waals surface area contributed by atoms with Crippen molar-refractivity contribution >= 4 is 17.5 Å². The van der Waals surface area contributed by atoms with E-state index in [0.29, 0.717) is 17.8 Å². The van der Waals surface area contributed by atoms with Gasteiger partial charge in [-0.15, -0.1) is 0 Å². The van der Waals surface area contributed by atoms with E-state index in [1.165, 1.54) is 12.1 Å². The van der Waals surface area contributed by atoms with Crippen molar-refractivity contribution in [2.24, 2.45) is 5.73 Å². The van der Waals surface area contributed by atoms with E-state index in [2.05, 4.69) is 10.3 Å². The summed E-state index contributed by atoms with van der Waals surface area (Å²) in [5.74, 6) is -0.585. The monoisotopic (exact) mass is 432 g/mol. The lowest BCUT2D eigenvalue weighted by Crippen LogP contribution is -2.33. The molecule has 2 heterocycles. The average Bonchev–Trinajstić information content (AvgIpc) is 3.30. The number of nitrogens with zero attached hydrogens (tertiary/aromatic N) is 2. The van der Waals surface area contributed by atoms with E-state index < -0.39 is 6.04 Å². The molecule has 2 aromatic carbocycles. The predicted molar refractivity (Wildman–Crippen MR) is 120 cm³/mol. The van der Waals surface area contributed by atoms with Gasteiger partial charge in [-0.2, -0.15) is 0 Å². The van der Waals surface area contributed by atoms with Gasteiger partial charge in [-0.1, -0.05) is 24.3 Å². The van der Waals surface area contributed by atoms with Crippen LogP contribution < -0.4 is 11.1 Å². The zero-order chi connectivity index (χ0) is 22.5. The number of pyridine rings is 1. The summed E-state index contributed by atoms with van der Waals surface area (Å²) in [6.45, 7) is 0.640. The molecular weight excluding hydrogens is 407 g/mol. The first-order valence-electron chi connectivity index (χ1n) is 10.6. The zero-order valence-corrected chi connectivity index (χ0v) is 17.6. The fourth-order valence-corrected chi connectivity index (χ4v) is 4.07. The van der Waals surface area contributed by atoms with Crippen molar-refractivity contribution in [2.75, 3.05) is 11.9 Å². The molecule has 164 valence electrons. The first kappa shape index (κ1) is 21.6. The van der Waals surface area contributed by atoms with E-state index in [9.17, 15) is 14.0 Å². The number of rotatable bonds is 6. The molecule has 2 amide bonds. The van der Waals surface area contributed by atoms with Crippen molar-refractivity contribution in [3.63, 3.8) is 0 Å². The molecule has 6 nitrogen and oxygen atoms in total. The summed E-state index contributed by atoms with van der Waals surface area (Å²) < 4.78 is 13.6. The number of benzene rings is 2.